The van der Waals surface area contributed by atoms with Crippen molar-refractivity contribution in [2.24, 2.45) is 10.8 Å². The third kappa shape index (κ3) is 6.02. The molecule has 0 radical (unpaired) electrons. The topological polar surface area (TPSA) is 63.2 Å². The predicted octanol–water partition coefficient (Wildman–Crippen LogP) is 4.44. The summed E-state index contributed by atoms with van der Waals surface area (Å²) in [7, 11) is 0. The lowest BCUT2D eigenvalue weighted by atomic mass is 9.91. The maximum atomic E-state index is 12.0. The lowest BCUT2D eigenvalue weighted by Gasteiger charge is -2.19. The highest BCUT2D eigenvalue weighted by Gasteiger charge is 2.24. The first-order valence-electron chi connectivity index (χ1n) is 8.05. The minimum atomic E-state index is -0.421. The van der Waals surface area contributed by atoms with Crippen molar-refractivity contribution < 1.29 is 9.53 Å². The van der Waals surface area contributed by atoms with Crippen molar-refractivity contribution in [3.05, 3.63) is 18.2 Å². The van der Waals surface area contributed by atoms with E-state index in [1.165, 1.54) is 11.3 Å². The van der Waals surface area contributed by atoms with Crippen LogP contribution in [0.15, 0.2) is 22.4 Å². The zero-order valence-electron chi connectivity index (χ0n) is 15.2. The first-order valence-corrected chi connectivity index (χ1v) is 9.85. The summed E-state index contributed by atoms with van der Waals surface area (Å²) in [4.78, 5) is 16.2. The molecule has 0 aromatic carbocycles. The number of carbonyl (C=O) groups is 1. The Balaban J connectivity index is 1.77. The summed E-state index contributed by atoms with van der Waals surface area (Å²) in [6, 6.07) is 0. The molecule has 0 aliphatic carbocycles. The van der Waals surface area contributed by atoms with Gasteiger partial charge in [0.25, 0.3) is 0 Å². The lowest BCUT2D eigenvalue weighted by Crippen LogP contribution is -2.27. The molecule has 0 spiro atoms. The van der Waals surface area contributed by atoms with Crippen molar-refractivity contribution in [2.45, 2.75) is 58.4 Å². The molecule has 0 saturated carbocycles. The number of thiazole rings is 1. The first-order chi connectivity index (χ1) is 11.0. The van der Waals surface area contributed by atoms with Crippen molar-refractivity contribution in [1.82, 2.24) is 10.3 Å². The molecule has 5 nitrogen and oxygen atoms in total. The summed E-state index contributed by atoms with van der Waals surface area (Å²) in [5.41, 5.74) is -0.205. The van der Waals surface area contributed by atoms with Crippen LogP contribution in [0.1, 0.15) is 48.0 Å². The van der Waals surface area contributed by atoms with Gasteiger partial charge in [-0.3, -0.25) is 4.79 Å². The fraction of sp³-hybridized carbons (Fsp3) is 0.647. The summed E-state index contributed by atoms with van der Waals surface area (Å²) in [6.07, 6.45) is 4.68. The fourth-order valence-electron chi connectivity index (χ4n) is 1.96. The molecule has 0 fully saturated rings. The van der Waals surface area contributed by atoms with Crippen LogP contribution < -0.4 is 10.6 Å². The number of hydrogen-bond acceptors (Lipinski definition) is 6. The quantitative estimate of drug-likeness (QED) is 0.751. The molecule has 1 aliphatic rings. The number of anilines is 1. The molecule has 1 unspecified atom stereocenters. The van der Waals surface area contributed by atoms with Crippen LogP contribution in [0.5, 0.6) is 0 Å². The second-order valence-corrected chi connectivity index (χ2v) is 10.5. The molecule has 0 bridgehead atoms. The van der Waals surface area contributed by atoms with Crippen LogP contribution in [0.3, 0.4) is 0 Å². The molecular weight excluding hydrogens is 342 g/mol. The van der Waals surface area contributed by atoms with Gasteiger partial charge in [-0.1, -0.05) is 52.9 Å². The number of hydrogen-bond donors (Lipinski definition) is 2. The van der Waals surface area contributed by atoms with Crippen LogP contribution in [-0.2, 0) is 9.53 Å². The number of thioether (sulfide) groups is 1. The van der Waals surface area contributed by atoms with E-state index < -0.39 is 5.41 Å². The van der Waals surface area contributed by atoms with E-state index in [0.29, 0.717) is 5.13 Å². The van der Waals surface area contributed by atoms with Gasteiger partial charge >= 0.3 is 0 Å². The van der Waals surface area contributed by atoms with Crippen molar-refractivity contribution in [2.75, 3.05) is 11.1 Å². The Bertz CT molecular complexity index is 612. The average Bonchev–Trinajstić information content (AvgIpc) is 3.03. The van der Waals surface area contributed by atoms with E-state index in [1.807, 2.05) is 27.0 Å². The molecule has 1 aromatic heterocycles. The van der Waals surface area contributed by atoms with Gasteiger partial charge in [0.15, 0.2) is 11.4 Å². The highest BCUT2D eigenvalue weighted by atomic mass is 32.2. The molecule has 2 N–H and O–H groups in total. The second kappa shape index (κ2) is 7.35. The van der Waals surface area contributed by atoms with Crippen molar-refractivity contribution in [1.29, 1.82) is 0 Å². The summed E-state index contributed by atoms with van der Waals surface area (Å²) in [6.45, 7) is 12.3. The van der Waals surface area contributed by atoms with E-state index in [4.69, 9.17) is 4.74 Å². The number of ether oxygens (including phenoxy) is 1. The normalized spacial score (nSPS) is 17.9. The van der Waals surface area contributed by atoms with E-state index in [1.54, 1.807) is 18.0 Å². The van der Waals surface area contributed by atoms with Gasteiger partial charge in [-0.15, -0.1) is 11.8 Å². The SMILES string of the molecule is CC(C)(C)CC1=CNC(CSc2cnc(NC(=O)C(C)(C)C)s2)O1. The van der Waals surface area contributed by atoms with Crippen LogP contribution in [-0.4, -0.2) is 22.9 Å². The first kappa shape index (κ1) is 19.1. The van der Waals surface area contributed by atoms with Gasteiger partial charge in [0.2, 0.25) is 5.91 Å². The number of allylic oxidation sites excluding steroid dienone is 1. The fourth-order valence-corrected chi connectivity index (χ4v) is 3.79. The zero-order valence-corrected chi connectivity index (χ0v) is 16.9. The van der Waals surface area contributed by atoms with Gasteiger partial charge in [0.05, 0.1) is 16.2 Å². The van der Waals surface area contributed by atoms with Crippen molar-refractivity contribution >= 4 is 34.1 Å². The zero-order chi connectivity index (χ0) is 18.0. The third-order valence-electron chi connectivity index (χ3n) is 3.19. The largest absolute Gasteiger partial charge is 0.473 e. The van der Waals surface area contributed by atoms with E-state index in [-0.39, 0.29) is 17.6 Å². The molecular formula is C17H27N3O2S2. The summed E-state index contributed by atoms with van der Waals surface area (Å²) >= 11 is 3.17. The van der Waals surface area contributed by atoms with Gasteiger partial charge in [-0.05, 0) is 5.41 Å². The monoisotopic (exact) mass is 369 g/mol. The molecule has 2 heterocycles. The van der Waals surface area contributed by atoms with E-state index in [0.717, 1.165) is 22.1 Å². The minimum Gasteiger partial charge on any atom is -0.473 e. The average molecular weight is 370 g/mol. The van der Waals surface area contributed by atoms with E-state index >= 15 is 0 Å². The Kier molecular flexibility index (Phi) is 5.86. The number of aromatic nitrogens is 1. The van der Waals surface area contributed by atoms with Crippen molar-refractivity contribution in [3.63, 3.8) is 0 Å². The maximum absolute atomic E-state index is 12.0. The predicted molar refractivity (Wildman–Crippen MR) is 101 cm³/mol. The van der Waals surface area contributed by atoms with Crippen LogP contribution >= 0.6 is 23.1 Å². The van der Waals surface area contributed by atoms with Gasteiger partial charge in [0, 0.05) is 18.0 Å². The molecule has 1 amide bonds. The molecule has 2 rings (SSSR count). The molecule has 1 aliphatic heterocycles. The molecule has 7 heteroatoms. The highest BCUT2D eigenvalue weighted by molar-refractivity contribution is 8.01. The molecule has 1 aromatic rings. The third-order valence-corrected chi connectivity index (χ3v) is 5.36. The van der Waals surface area contributed by atoms with E-state index in [9.17, 15) is 4.79 Å². The number of rotatable bonds is 5. The van der Waals surface area contributed by atoms with Gasteiger partial charge < -0.3 is 15.4 Å². The standard InChI is InChI=1S/C17H27N3O2S2/c1-16(2,3)7-11-8-18-12(22-11)10-23-13-9-19-15(24-13)20-14(21)17(4,5)6/h8-9,12,18H,7,10H2,1-6H3,(H,19,20,21). The van der Waals surface area contributed by atoms with E-state index in [2.05, 4.69) is 36.4 Å². The smallest absolute Gasteiger partial charge is 0.231 e. The molecule has 1 atom stereocenters. The highest BCUT2D eigenvalue weighted by Crippen LogP contribution is 2.32. The van der Waals surface area contributed by atoms with Crippen molar-refractivity contribution in [3.8, 4) is 0 Å². The van der Waals surface area contributed by atoms with Crippen LogP contribution in [0.25, 0.3) is 0 Å². The van der Waals surface area contributed by atoms with Crippen LogP contribution in [0, 0.1) is 10.8 Å². The molecule has 24 heavy (non-hydrogen) atoms. The molecule has 0 saturated heterocycles. The molecule has 134 valence electrons. The van der Waals surface area contributed by atoms with Crippen LogP contribution in [0.2, 0.25) is 0 Å². The number of amides is 1. The minimum absolute atomic E-state index is 0.0120. The number of nitrogens with one attached hydrogen (secondary N) is 2. The summed E-state index contributed by atoms with van der Waals surface area (Å²) < 4.78 is 6.98. The summed E-state index contributed by atoms with van der Waals surface area (Å²) in [5.74, 6) is 1.78. The number of nitrogens with zero attached hydrogens (tertiary/aromatic N) is 1. The maximum Gasteiger partial charge on any atom is 0.231 e. The summed E-state index contributed by atoms with van der Waals surface area (Å²) in [5, 5.41) is 6.77. The lowest BCUT2D eigenvalue weighted by molar-refractivity contribution is -0.123. The number of carbonyl (C=O) groups excluding carboxylic acids is 1. The Morgan fingerprint density at radius 1 is 1.38 bits per heavy atom. The van der Waals surface area contributed by atoms with Crippen LogP contribution in [0.4, 0.5) is 5.13 Å². The van der Waals surface area contributed by atoms with Gasteiger partial charge in [-0.2, -0.15) is 0 Å². The Morgan fingerprint density at radius 3 is 2.71 bits per heavy atom. The van der Waals surface area contributed by atoms with Gasteiger partial charge in [0.1, 0.15) is 5.76 Å². The second-order valence-electron chi connectivity index (χ2n) is 8.12. The Morgan fingerprint density at radius 2 is 2.08 bits per heavy atom. The van der Waals surface area contributed by atoms with Gasteiger partial charge in [-0.25, -0.2) is 4.98 Å². The Hall–Kier alpha value is -1.21. The Labute approximate surface area is 152 Å².